The molecule has 3 heterocycles. The molecule has 1 saturated heterocycles. The number of nitriles is 1. The molecule has 4 rings (SSSR count). The van der Waals surface area contributed by atoms with Crippen LogP contribution in [0.5, 0.6) is 5.88 Å². The summed E-state index contributed by atoms with van der Waals surface area (Å²) in [6.07, 6.45) is 3.13. The molecule has 1 unspecified atom stereocenters. The summed E-state index contributed by atoms with van der Waals surface area (Å²) in [6, 6.07) is 13.8. The van der Waals surface area contributed by atoms with Crippen LogP contribution < -0.4 is 4.74 Å². The number of pyridine rings is 1. The standard InChI is InChI=1S/C19H18N4O/c1-23-9-8-14(12-23)24-18-7-3-6-17(22-18)16-11-21-19-13(10-20)4-2-5-15(16)19/h2-7,11,14,21H,8-9,12H2,1H3. The molecule has 1 fully saturated rings. The molecule has 1 aliphatic heterocycles. The van der Waals surface area contributed by atoms with Crippen molar-refractivity contribution >= 4 is 10.9 Å². The average Bonchev–Trinajstić information content (AvgIpc) is 3.21. The van der Waals surface area contributed by atoms with Gasteiger partial charge in [0.15, 0.2) is 0 Å². The number of likely N-dealkylation sites (tertiary alicyclic amines) is 1. The quantitative estimate of drug-likeness (QED) is 0.805. The van der Waals surface area contributed by atoms with Crippen LogP contribution in [0.3, 0.4) is 0 Å². The fraction of sp³-hybridized carbons (Fsp3) is 0.263. The van der Waals surface area contributed by atoms with E-state index < -0.39 is 0 Å². The maximum Gasteiger partial charge on any atom is 0.214 e. The molecule has 0 aliphatic carbocycles. The number of nitrogens with one attached hydrogen (secondary N) is 1. The highest BCUT2D eigenvalue weighted by Gasteiger charge is 2.21. The highest BCUT2D eigenvalue weighted by Crippen LogP contribution is 2.30. The molecule has 0 bridgehead atoms. The lowest BCUT2D eigenvalue weighted by Gasteiger charge is -2.13. The van der Waals surface area contributed by atoms with E-state index in [0.717, 1.165) is 41.7 Å². The van der Waals surface area contributed by atoms with Crippen LogP contribution in [0.1, 0.15) is 12.0 Å². The normalized spacial score (nSPS) is 17.9. The van der Waals surface area contributed by atoms with Gasteiger partial charge in [0.05, 0.1) is 16.8 Å². The number of hydrogen-bond donors (Lipinski definition) is 1. The Morgan fingerprint density at radius 1 is 1.29 bits per heavy atom. The van der Waals surface area contributed by atoms with Gasteiger partial charge in [0.1, 0.15) is 12.2 Å². The van der Waals surface area contributed by atoms with Gasteiger partial charge in [0, 0.05) is 36.3 Å². The molecule has 1 atom stereocenters. The predicted molar refractivity (Wildman–Crippen MR) is 92.8 cm³/mol. The summed E-state index contributed by atoms with van der Waals surface area (Å²) in [5.74, 6) is 0.651. The van der Waals surface area contributed by atoms with E-state index in [4.69, 9.17) is 4.74 Å². The van der Waals surface area contributed by atoms with Gasteiger partial charge in [0.25, 0.3) is 0 Å². The van der Waals surface area contributed by atoms with Gasteiger partial charge >= 0.3 is 0 Å². The molecule has 2 aromatic heterocycles. The Balaban J connectivity index is 1.68. The minimum atomic E-state index is 0.200. The highest BCUT2D eigenvalue weighted by molar-refractivity contribution is 5.97. The molecule has 5 nitrogen and oxygen atoms in total. The van der Waals surface area contributed by atoms with Gasteiger partial charge in [-0.25, -0.2) is 4.98 Å². The number of benzene rings is 1. The second-order valence-corrected chi connectivity index (χ2v) is 6.19. The van der Waals surface area contributed by atoms with Crippen LogP contribution in [0.15, 0.2) is 42.6 Å². The van der Waals surface area contributed by atoms with E-state index in [-0.39, 0.29) is 6.10 Å². The predicted octanol–water partition coefficient (Wildman–Crippen LogP) is 3.18. The van der Waals surface area contributed by atoms with Crippen molar-refractivity contribution in [1.29, 1.82) is 5.26 Å². The number of likely N-dealkylation sites (N-methyl/N-ethyl adjacent to an activating group) is 1. The van der Waals surface area contributed by atoms with Crippen molar-refractivity contribution in [2.45, 2.75) is 12.5 Å². The SMILES string of the molecule is CN1CCC(Oc2cccc(-c3c[nH]c4c(C#N)cccc34)n2)C1. The monoisotopic (exact) mass is 318 g/mol. The number of rotatable bonds is 3. The second kappa shape index (κ2) is 5.99. The number of hydrogen-bond acceptors (Lipinski definition) is 4. The number of para-hydroxylation sites is 1. The zero-order chi connectivity index (χ0) is 16.5. The number of ether oxygens (including phenoxy) is 1. The Kier molecular flexibility index (Phi) is 3.68. The number of aromatic nitrogens is 2. The highest BCUT2D eigenvalue weighted by atomic mass is 16.5. The van der Waals surface area contributed by atoms with Gasteiger partial charge in [-0.1, -0.05) is 18.2 Å². The molecule has 120 valence electrons. The molecule has 1 aliphatic rings. The number of aromatic amines is 1. The fourth-order valence-corrected chi connectivity index (χ4v) is 3.25. The molecule has 1 aromatic carbocycles. The van der Waals surface area contributed by atoms with Gasteiger partial charge < -0.3 is 14.6 Å². The van der Waals surface area contributed by atoms with E-state index >= 15 is 0 Å². The summed E-state index contributed by atoms with van der Waals surface area (Å²) in [7, 11) is 2.10. The number of fused-ring (bicyclic) bond motifs is 1. The third-order valence-corrected chi connectivity index (χ3v) is 4.47. The van der Waals surface area contributed by atoms with Crippen LogP contribution in [0.25, 0.3) is 22.2 Å². The van der Waals surface area contributed by atoms with Crippen molar-refractivity contribution in [3.8, 4) is 23.2 Å². The molecular weight excluding hydrogens is 300 g/mol. The smallest absolute Gasteiger partial charge is 0.214 e. The molecule has 0 saturated carbocycles. The zero-order valence-corrected chi connectivity index (χ0v) is 13.5. The Morgan fingerprint density at radius 3 is 2.96 bits per heavy atom. The van der Waals surface area contributed by atoms with Crippen LogP contribution in [0.4, 0.5) is 0 Å². The van der Waals surface area contributed by atoms with E-state index in [1.807, 2.05) is 42.6 Å². The lowest BCUT2D eigenvalue weighted by Crippen LogP contribution is -2.21. The largest absolute Gasteiger partial charge is 0.473 e. The number of nitrogens with zero attached hydrogens (tertiary/aromatic N) is 3. The van der Waals surface area contributed by atoms with Crippen LogP contribution >= 0.6 is 0 Å². The Morgan fingerprint density at radius 2 is 2.17 bits per heavy atom. The van der Waals surface area contributed by atoms with Crippen molar-refractivity contribution in [3.05, 3.63) is 48.2 Å². The first kappa shape index (κ1) is 14.7. The maximum absolute atomic E-state index is 9.23. The van der Waals surface area contributed by atoms with Gasteiger partial charge in [-0.05, 0) is 25.6 Å². The van der Waals surface area contributed by atoms with E-state index in [2.05, 4.69) is 28.0 Å². The lowest BCUT2D eigenvalue weighted by atomic mass is 10.1. The number of H-pyrrole nitrogens is 1. The minimum Gasteiger partial charge on any atom is -0.473 e. The molecular formula is C19H18N4O. The van der Waals surface area contributed by atoms with Crippen molar-refractivity contribution in [1.82, 2.24) is 14.9 Å². The van der Waals surface area contributed by atoms with Gasteiger partial charge in [-0.2, -0.15) is 5.26 Å². The van der Waals surface area contributed by atoms with Crippen LogP contribution in [-0.2, 0) is 0 Å². The average molecular weight is 318 g/mol. The minimum absolute atomic E-state index is 0.200. The molecule has 3 aromatic rings. The van der Waals surface area contributed by atoms with Crippen LogP contribution in [0.2, 0.25) is 0 Å². The third-order valence-electron chi connectivity index (χ3n) is 4.47. The second-order valence-electron chi connectivity index (χ2n) is 6.19. The van der Waals surface area contributed by atoms with E-state index in [1.54, 1.807) is 0 Å². The van der Waals surface area contributed by atoms with E-state index in [0.29, 0.717) is 11.4 Å². The molecule has 0 radical (unpaired) electrons. The molecule has 24 heavy (non-hydrogen) atoms. The molecule has 0 amide bonds. The summed E-state index contributed by atoms with van der Waals surface area (Å²) in [4.78, 5) is 10.1. The molecule has 0 spiro atoms. The third kappa shape index (κ3) is 2.61. The van der Waals surface area contributed by atoms with Crippen molar-refractivity contribution < 1.29 is 4.74 Å². The molecule has 1 N–H and O–H groups in total. The van der Waals surface area contributed by atoms with Gasteiger partial charge in [0.2, 0.25) is 5.88 Å². The Hall–Kier alpha value is -2.84. The first-order valence-electron chi connectivity index (χ1n) is 8.07. The Bertz CT molecular complexity index is 925. The van der Waals surface area contributed by atoms with E-state index in [1.165, 1.54) is 0 Å². The first-order valence-corrected chi connectivity index (χ1v) is 8.07. The summed E-state index contributed by atoms with van der Waals surface area (Å²) in [6.45, 7) is 1.99. The zero-order valence-electron chi connectivity index (χ0n) is 13.5. The van der Waals surface area contributed by atoms with Crippen molar-refractivity contribution in [3.63, 3.8) is 0 Å². The van der Waals surface area contributed by atoms with Gasteiger partial charge in [-0.3, -0.25) is 0 Å². The Labute approximate surface area is 140 Å². The summed E-state index contributed by atoms with van der Waals surface area (Å²) in [5, 5.41) is 10.2. The topological polar surface area (TPSA) is 64.9 Å². The fourth-order valence-electron chi connectivity index (χ4n) is 3.25. The van der Waals surface area contributed by atoms with Crippen LogP contribution in [-0.4, -0.2) is 41.1 Å². The summed E-state index contributed by atoms with van der Waals surface area (Å²) < 4.78 is 6.03. The molecule has 5 heteroatoms. The van der Waals surface area contributed by atoms with Crippen molar-refractivity contribution in [2.75, 3.05) is 20.1 Å². The van der Waals surface area contributed by atoms with Crippen LogP contribution in [0, 0.1) is 11.3 Å². The lowest BCUT2D eigenvalue weighted by molar-refractivity contribution is 0.200. The summed E-state index contributed by atoms with van der Waals surface area (Å²) in [5.41, 5.74) is 3.32. The summed E-state index contributed by atoms with van der Waals surface area (Å²) >= 11 is 0. The van der Waals surface area contributed by atoms with E-state index in [9.17, 15) is 5.26 Å². The maximum atomic E-state index is 9.23. The first-order chi connectivity index (χ1) is 11.7. The van der Waals surface area contributed by atoms with Gasteiger partial charge in [-0.15, -0.1) is 0 Å². The van der Waals surface area contributed by atoms with Crippen molar-refractivity contribution in [2.24, 2.45) is 0 Å².